The predicted molar refractivity (Wildman–Crippen MR) is 53.4 cm³/mol. The summed E-state index contributed by atoms with van der Waals surface area (Å²) in [4.78, 5) is 12.1. The van der Waals surface area contributed by atoms with E-state index in [4.69, 9.17) is 9.84 Å². The molecular weight excluding hydrogens is 200 g/mol. The predicted octanol–water partition coefficient (Wildman–Crippen LogP) is 2.23. The number of carbonyl (C=O) groups is 1. The standard InChI is InChI=1S/C10H12O3S/c1-3-10(8(11)12)9(2,13-10)7-5-4-6-14-7/h4-6H,3H2,1-2H3,(H,11,12)/t9-,10+/m0/s1. The Morgan fingerprint density at radius 2 is 2.43 bits per heavy atom. The summed E-state index contributed by atoms with van der Waals surface area (Å²) in [6.07, 6.45) is 0.497. The molecule has 0 spiro atoms. The molecule has 1 N–H and O–H groups in total. The number of rotatable bonds is 3. The van der Waals surface area contributed by atoms with Gasteiger partial charge in [-0.1, -0.05) is 13.0 Å². The van der Waals surface area contributed by atoms with Gasteiger partial charge >= 0.3 is 5.97 Å². The molecule has 1 fully saturated rings. The van der Waals surface area contributed by atoms with Crippen molar-refractivity contribution in [3.8, 4) is 0 Å². The first-order chi connectivity index (χ1) is 6.57. The van der Waals surface area contributed by atoms with Crippen LogP contribution in [0, 0.1) is 0 Å². The van der Waals surface area contributed by atoms with Crippen LogP contribution in [0.3, 0.4) is 0 Å². The zero-order valence-corrected chi connectivity index (χ0v) is 8.93. The lowest BCUT2D eigenvalue weighted by Gasteiger charge is -2.08. The molecule has 2 heterocycles. The highest BCUT2D eigenvalue weighted by Gasteiger charge is 2.72. The third-order valence-corrected chi connectivity index (χ3v) is 4.01. The molecular formula is C10H12O3S. The van der Waals surface area contributed by atoms with Gasteiger partial charge < -0.3 is 9.84 Å². The van der Waals surface area contributed by atoms with Crippen LogP contribution in [-0.2, 0) is 15.1 Å². The largest absolute Gasteiger partial charge is 0.479 e. The zero-order chi connectivity index (χ0) is 10.4. The fraction of sp³-hybridized carbons (Fsp3) is 0.500. The van der Waals surface area contributed by atoms with Crippen LogP contribution in [0.2, 0.25) is 0 Å². The summed E-state index contributed by atoms with van der Waals surface area (Å²) < 4.78 is 5.46. The Hall–Kier alpha value is -0.870. The van der Waals surface area contributed by atoms with E-state index in [1.165, 1.54) is 11.3 Å². The molecule has 1 aliphatic rings. The van der Waals surface area contributed by atoms with Crippen molar-refractivity contribution in [2.45, 2.75) is 31.5 Å². The first-order valence-electron chi connectivity index (χ1n) is 4.54. The molecule has 3 nitrogen and oxygen atoms in total. The quantitative estimate of drug-likeness (QED) is 0.781. The van der Waals surface area contributed by atoms with Crippen LogP contribution in [-0.4, -0.2) is 16.7 Å². The third kappa shape index (κ3) is 0.980. The summed E-state index contributed by atoms with van der Waals surface area (Å²) in [5.41, 5.74) is -1.63. The number of ether oxygens (including phenoxy) is 1. The first kappa shape index (κ1) is 9.68. The van der Waals surface area contributed by atoms with Crippen molar-refractivity contribution in [1.29, 1.82) is 0 Å². The van der Waals surface area contributed by atoms with Gasteiger partial charge in [0, 0.05) is 4.88 Å². The van der Waals surface area contributed by atoms with Gasteiger partial charge in [-0.25, -0.2) is 4.79 Å². The highest BCUT2D eigenvalue weighted by Crippen LogP contribution is 2.58. The van der Waals surface area contributed by atoms with E-state index in [9.17, 15) is 4.79 Å². The van der Waals surface area contributed by atoms with Crippen LogP contribution in [0.1, 0.15) is 25.1 Å². The highest BCUT2D eigenvalue weighted by atomic mass is 32.1. The van der Waals surface area contributed by atoms with Gasteiger partial charge in [0.05, 0.1) is 0 Å². The number of thiophene rings is 1. The molecule has 2 rings (SSSR count). The van der Waals surface area contributed by atoms with Crippen LogP contribution in [0.5, 0.6) is 0 Å². The number of hydrogen-bond acceptors (Lipinski definition) is 3. The molecule has 76 valence electrons. The van der Waals surface area contributed by atoms with E-state index in [1.807, 2.05) is 31.4 Å². The van der Waals surface area contributed by atoms with Crippen molar-refractivity contribution in [2.75, 3.05) is 0 Å². The van der Waals surface area contributed by atoms with E-state index in [0.29, 0.717) is 6.42 Å². The molecule has 1 aromatic heterocycles. The summed E-state index contributed by atoms with van der Waals surface area (Å²) in [6, 6.07) is 3.83. The molecule has 0 bridgehead atoms. The van der Waals surface area contributed by atoms with Crippen molar-refractivity contribution < 1.29 is 14.6 Å². The van der Waals surface area contributed by atoms with Crippen molar-refractivity contribution in [2.24, 2.45) is 0 Å². The lowest BCUT2D eigenvalue weighted by Crippen LogP contribution is -2.30. The number of hydrogen-bond donors (Lipinski definition) is 1. The molecule has 4 heteroatoms. The highest BCUT2D eigenvalue weighted by molar-refractivity contribution is 7.10. The second kappa shape index (κ2) is 2.81. The van der Waals surface area contributed by atoms with Gasteiger partial charge in [0.1, 0.15) is 5.60 Å². The van der Waals surface area contributed by atoms with Crippen LogP contribution in [0.4, 0.5) is 0 Å². The molecule has 0 saturated carbocycles. The average Bonchev–Trinajstić information content (AvgIpc) is 2.59. The first-order valence-corrected chi connectivity index (χ1v) is 5.42. The van der Waals surface area contributed by atoms with Gasteiger partial charge in [-0.05, 0) is 24.8 Å². The van der Waals surface area contributed by atoms with Crippen molar-refractivity contribution in [3.63, 3.8) is 0 Å². The van der Waals surface area contributed by atoms with Crippen molar-refractivity contribution in [1.82, 2.24) is 0 Å². The second-order valence-corrected chi connectivity index (χ2v) is 4.55. The van der Waals surface area contributed by atoms with Crippen LogP contribution < -0.4 is 0 Å². The minimum absolute atomic E-state index is 0.497. The monoisotopic (exact) mass is 212 g/mol. The molecule has 1 aliphatic heterocycles. The number of epoxide rings is 1. The average molecular weight is 212 g/mol. The van der Waals surface area contributed by atoms with Gasteiger partial charge in [-0.3, -0.25) is 0 Å². The minimum Gasteiger partial charge on any atom is -0.479 e. The molecule has 0 unspecified atom stereocenters. The lowest BCUT2D eigenvalue weighted by atomic mass is 9.90. The molecule has 2 atom stereocenters. The zero-order valence-electron chi connectivity index (χ0n) is 8.11. The summed E-state index contributed by atoms with van der Waals surface area (Å²) in [6.45, 7) is 3.68. The summed E-state index contributed by atoms with van der Waals surface area (Å²) in [5.74, 6) is -0.865. The van der Waals surface area contributed by atoms with E-state index in [-0.39, 0.29) is 0 Å². The Morgan fingerprint density at radius 1 is 1.71 bits per heavy atom. The molecule has 1 saturated heterocycles. The normalized spacial score (nSPS) is 35.6. The topological polar surface area (TPSA) is 49.8 Å². The van der Waals surface area contributed by atoms with Crippen LogP contribution >= 0.6 is 11.3 Å². The van der Waals surface area contributed by atoms with E-state index in [1.54, 1.807) is 0 Å². The van der Waals surface area contributed by atoms with Gasteiger partial charge in [0.25, 0.3) is 0 Å². The Bertz CT molecular complexity index is 359. The maximum absolute atomic E-state index is 11.1. The maximum atomic E-state index is 11.1. The molecule has 14 heavy (non-hydrogen) atoms. The van der Waals surface area contributed by atoms with Gasteiger partial charge in [0.15, 0.2) is 5.60 Å². The van der Waals surface area contributed by atoms with E-state index < -0.39 is 17.2 Å². The third-order valence-electron chi connectivity index (χ3n) is 2.94. The molecule has 0 radical (unpaired) electrons. The van der Waals surface area contributed by atoms with Gasteiger partial charge in [-0.15, -0.1) is 11.3 Å². The fourth-order valence-electron chi connectivity index (χ4n) is 1.93. The number of aliphatic carboxylic acids is 1. The Labute approximate surface area is 86.3 Å². The Kier molecular flexibility index (Phi) is 1.94. The molecule has 0 aromatic carbocycles. The van der Waals surface area contributed by atoms with Crippen LogP contribution in [0.25, 0.3) is 0 Å². The Balaban J connectivity index is 2.35. The van der Waals surface area contributed by atoms with Crippen molar-refractivity contribution >= 4 is 17.3 Å². The van der Waals surface area contributed by atoms with E-state index in [0.717, 1.165) is 4.88 Å². The maximum Gasteiger partial charge on any atom is 0.339 e. The van der Waals surface area contributed by atoms with Gasteiger partial charge in [0.2, 0.25) is 0 Å². The molecule has 0 amide bonds. The smallest absolute Gasteiger partial charge is 0.339 e. The lowest BCUT2D eigenvalue weighted by molar-refractivity contribution is -0.143. The molecule has 0 aliphatic carbocycles. The number of carboxylic acid groups (broad SMARTS) is 1. The fourth-order valence-corrected chi connectivity index (χ4v) is 2.82. The second-order valence-electron chi connectivity index (χ2n) is 3.60. The summed E-state index contributed by atoms with van der Waals surface area (Å²) in [5, 5.41) is 11.1. The van der Waals surface area contributed by atoms with E-state index >= 15 is 0 Å². The van der Waals surface area contributed by atoms with E-state index in [2.05, 4.69) is 0 Å². The SMILES string of the molecule is CC[C@]1(C(=O)O)O[C@@]1(C)c1cccs1. The minimum atomic E-state index is -1.00. The number of carboxylic acids is 1. The van der Waals surface area contributed by atoms with Crippen LogP contribution in [0.15, 0.2) is 17.5 Å². The summed E-state index contributed by atoms with van der Waals surface area (Å²) in [7, 11) is 0. The van der Waals surface area contributed by atoms with Gasteiger partial charge in [-0.2, -0.15) is 0 Å². The summed E-state index contributed by atoms with van der Waals surface area (Å²) >= 11 is 1.54. The molecule has 1 aromatic rings. The van der Waals surface area contributed by atoms with Crippen molar-refractivity contribution in [3.05, 3.63) is 22.4 Å². The Morgan fingerprint density at radius 3 is 2.79 bits per heavy atom.